The molecule has 1 aromatic carbocycles. The highest BCUT2D eigenvalue weighted by Gasteiger charge is 2.20. The number of carbonyl (C=O) groups is 1. The van der Waals surface area contributed by atoms with Gasteiger partial charge in [-0.3, -0.25) is 0 Å². The average molecular weight is 238 g/mol. The topological polar surface area (TPSA) is 32.3 Å². The second-order valence-electron chi connectivity index (χ2n) is 4.50. The molecule has 0 aliphatic heterocycles. The summed E-state index contributed by atoms with van der Waals surface area (Å²) >= 11 is 0. The molecule has 0 spiro atoms. The summed E-state index contributed by atoms with van der Waals surface area (Å²) in [7, 11) is 0. The van der Waals surface area contributed by atoms with E-state index in [0.717, 1.165) is 0 Å². The minimum Gasteiger partial charge on any atom is -0.320 e. The van der Waals surface area contributed by atoms with Crippen molar-refractivity contribution in [3.8, 4) is 0 Å². The van der Waals surface area contributed by atoms with Crippen LogP contribution in [-0.4, -0.2) is 23.0 Å². The van der Waals surface area contributed by atoms with Crippen molar-refractivity contribution < 1.29 is 9.18 Å². The number of carbonyl (C=O) groups excluding carboxylic acids is 1. The van der Waals surface area contributed by atoms with Crippen molar-refractivity contribution in [2.24, 2.45) is 0 Å². The fourth-order valence-corrected chi connectivity index (χ4v) is 1.81. The standard InChI is InChI=1S/C13H19FN2O/c1-9(2)16(10(3)4)13(17)15-12-8-6-5-7-11(12)14/h5-10H,1-4H3,(H,15,17). The predicted molar refractivity (Wildman–Crippen MR) is 67.5 cm³/mol. The van der Waals surface area contributed by atoms with Crippen LogP contribution < -0.4 is 5.32 Å². The monoisotopic (exact) mass is 238 g/mol. The molecular formula is C13H19FN2O. The van der Waals surface area contributed by atoms with E-state index < -0.39 is 5.82 Å². The summed E-state index contributed by atoms with van der Waals surface area (Å²) in [6.07, 6.45) is 0. The third-order valence-corrected chi connectivity index (χ3v) is 2.46. The second kappa shape index (κ2) is 5.66. The van der Waals surface area contributed by atoms with E-state index in [1.54, 1.807) is 23.1 Å². The number of hydrogen-bond acceptors (Lipinski definition) is 1. The van der Waals surface area contributed by atoms with Crippen molar-refractivity contribution in [2.75, 3.05) is 5.32 Å². The molecule has 0 radical (unpaired) electrons. The van der Waals surface area contributed by atoms with E-state index >= 15 is 0 Å². The zero-order chi connectivity index (χ0) is 13.0. The lowest BCUT2D eigenvalue weighted by molar-refractivity contribution is 0.178. The Bertz CT molecular complexity index is 383. The summed E-state index contributed by atoms with van der Waals surface area (Å²) in [5, 5.41) is 2.58. The highest BCUT2D eigenvalue weighted by Crippen LogP contribution is 2.15. The van der Waals surface area contributed by atoms with E-state index in [4.69, 9.17) is 0 Å². The molecule has 1 N–H and O–H groups in total. The van der Waals surface area contributed by atoms with Crippen LogP contribution in [-0.2, 0) is 0 Å². The van der Waals surface area contributed by atoms with E-state index in [1.165, 1.54) is 6.07 Å². The SMILES string of the molecule is CC(C)N(C(=O)Nc1ccccc1F)C(C)C. The molecule has 0 fully saturated rings. The Morgan fingerprint density at radius 3 is 2.18 bits per heavy atom. The summed E-state index contributed by atoms with van der Waals surface area (Å²) < 4.78 is 13.4. The minimum absolute atomic E-state index is 0.0711. The smallest absolute Gasteiger partial charge is 0.320 e. The third-order valence-electron chi connectivity index (χ3n) is 2.46. The molecule has 0 saturated heterocycles. The van der Waals surface area contributed by atoms with Gasteiger partial charge >= 0.3 is 6.03 Å². The predicted octanol–water partition coefficient (Wildman–Crippen LogP) is 3.48. The quantitative estimate of drug-likeness (QED) is 0.859. The molecular weight excluding hydrogens is 219 g/mol. The van der Waals surface area contributed by atoms with Crippen LogP contribution in [0.2, 0.25) is 0 Å². The van der Waals surface area contributed by atoms with Crippen molar-refractivity contribution in [3.05, 3.63) is 30.1 Å². The van der Waals surface area contributed by atoms with Gasteiger partial charge in [0.2, 0.25) is 0 Å². The van der Waals surface area contributed by atoms with Gasteiger partial charge in [-0.05, 0) is 39.8 Å². The molecule has 0 aromatic heterocycles. The first-order valence-electron chi connectivity index (χ1n) is 5.77. The van der Waals surface area contributed by atoms with Gasteiger partial charge in [-0.2, -0.15) is 0 Å². The van der Waals surface area contributed by atoms with E-state index in [2.05, 4.69) is 5.32 Å². The summed E-state index contributed by atoms with van der Waals surface area (Å²) in [5.41, 5.74) is 0.212. The summed E-state index contributed by atoms with van der Waals surface area (Å²) in [5.74, 6) is -0.423. The van der Waals surface area contributed by atoms with Gasteiger partial charge in [-0.1, -0.05) is 12.1 Å². The highest BCUT2D eigenvalue weighted by molar-refractivity contribution is 5.89. The molecule has 0 heterocycles. The number of amides is 2. The van der Waals surface area contributed by atoms with Gasteiger partial charge in [0.1, 0.15) is 5.82 Å². The Hall–Kier alpha value is -1.58. The maximum Gasteiger partial charge on any atom is 0.322 e. The molecule has 17 heavy (non-hydrogen) atoms. The fourth-order valence-electron chi connectivity index (χ4n) is 1.81. The lowest BCUT2D eigenvalue weighted by atomic mass is 10.2. The van der Waals surface area contributed by atoms with Crippen LogP contribution in [0.25, 0.3) is 0 Å². The number of para-hydroxylation sites is 1. The summed E-state index contributed by atoms with van der Waals surface area (Å²) in [6.45, 7) is 7.73. The van der Waals surface area contributed by atoms with E-state index in [0.29, 0.717) is 0 Å². The molecule has 0 aliphatic carbocycles. The number of hydrogen-bond donors (Lipinski definition) is 1. The number of nitrogens with zero attached hydrogens (tertiary/aromatic N) is 1. The van der Waals surface area contributed by atoms with Crippen LogP contribution >= 0.6 is 0 Å². The summed E-state index contributed by atoms with van der Waals surface area (Å²) in [4.78, 5) is 13.7. The molecule has 3 nitrogen and oxygen atoms in total. The number of urea groups is 1. The van der Waals surface area contributed by atoms with E-state index in [1.807, 2.05) is 27.7 Å². The minimum atomic E-state index is -0.423. The van der Waals surface area contributed by atoms with E-state index in [9.17, 15) is 9.18 Å². The van der Waals surface area contributed by atoms with Gasteiger partial charge in [0.05, 0.1) is 5.69 Å². The van der Waals surface area contributed by atoms with Gasteiger partial charge in [-0.15, -0.1) is 0 Å². The molecule has 0 atom stereocenters. The maximum absolute atomic E-state index is 13.4. The van der Waals surface area contributed by atoms with Crippen molar-refractivity contribution in [3.63, 3.8) is 0 Å². The molecule has 2 amide bonds. The van der Waals surface area contributed by atoms with Crippen LogP contribution in [0.5, 0.6) is 0 Å². The fraction of sp³-hybridized carbons (Fsp3) is 0.462. The molecule has 1 aromatic rings. The Kier molecular flexibility index (Phi) is 4.49. The lowest BCUT2D eigenvalue weighted by Gasteiger charge is -2.30. The van der Waals surface area contributed by atoms with Crippen molar-refractivity contribution in [1.82, 2.24) is 4.90 Å². The van der Waals surface area contributed by atoms with Crippen LogP contribution in [0.15, 0.2) is 24.3 Å². The Labute approximate surface area is 102 Å². The van der Waals surface area contributed by atoms with Gasteiger partial charge < -0.3 is 10.2 Å². The lowest BCUT2D eigenvalue weighted by Crippen LogP contribution is -2.44. The average Bonchev–Trinajstić information content (AvgIpc) is 2.20. The second-order valence-corrected chi connectivity index (χ2v) is 4.50. The van der Waals surface area contributed by atoms with E-state index in [-0.39, 0.29) is 23.8 Å². The molecule has 94 valence electrons. The molecule has 0 bridgehead atoms. The molecule has 4 heteroatoms. The number of anilines is 1. The first-order valence-corrected chi connectivity index (χ1v) is 5.77. The van der Waals surface area contributed by atoms with Crippen molar-refractivity contribution in [1.29, 1.82) is 0 Å². The third kappa shape index (κ3) is 3.44. The van der Waals surface area contributed by atoms with Crippen molar-refractivity contribution >= 4 is 11.7 Å². The largest absolute Gasteiger partial charge is 0.322 e. The first-order chi connectivity index (χ1) is 7.93. The van der Waals surface area contributed by atoms with Crippen molar-refractivity contribution in [2.45, 2.75) is 39.8 Å². The highest BCUT2D eigenvalue weighted by atomic mass is 19.1. The zero-order valence-corrected chi connectivity index (χ0v) is 10.7. The maximum atomic E-state index is 13.4. The summed E-state index contributed by atoms with van der Waals surface area (Å²) in [6, 6.07) is 6.02. The Morgan fingerprint density at radius 1 is 1.18 bits per heavy atom. The Morgan fingerprint density at radius 2 is 1.71 bits per heavy atom. The molecule has 0 unspecified atom stereocenters. The normalized spacial score (nSPS) is 10.8. The van der Waals surface area contributed by atoms with Crippen LogP contribution in [0.1, 0.15) is 27.7 Å². The molecule has 0 aliphatic rings. The number of nitrogens with one attached hydrogen (secondary N) is 1. The van der Waals surface area contributed by atoms with Gasteiger partial charge in [0.15, 0.2) is 0 Å². The Balaban J connectivity index is 2.81. The van der Waals surface area contributed by atoms with Crippen LogP contribution in [0.3, 0.4) is 0 Å². The zero-order valence-electron chi connectivity index (χ0n) is 10.7. The van der Waals surface area contributed by atoms with Gasteiger partial charge in [0, 0.05) is 12.1 Å². The number of halogens is 1. The number of benzene rings is 1. The van der Waals surface area contributed by atoms with Gasteiger partial charge in [0.25, 0.3) is 0 Å². The molecule has 0 saturated carbocycles. The first kappa shape index (κ1) is 13.5. The molecule has 1 rings (SSSR count). The number of rotatable bonds is 3. The van der Waals surface area contributed by atoms with Gasteiger partial charge in [-0.25, -0.2) is 9.18 Å². The van der Waals surface area contributed by atoms with Crippen LogP contribution in [0.4, 0.5) is 14.9 Å². The van der Waals surface area contributed by atoms with Crippen LogP contribution in [0, 0.1) is 5.82 Å².